The van der Waals surface area contributed by atoms with E-state index in [2.05, 4.69) is 0 Å². The van der Waals surface area contributed by atoms with Crippen LogP contribution in [-0.2, 0) is 0 Å². The van der Waals surface area contributed by atoms with Crippen LogP contribution in [0.1, 0.15) is 13.8 Å². The number of hydrogen-bond acceptors (Lipinski definition) is 6. The minimum Gasteiger partial charge on any atom is -0.294 e. The van der Waals surface area contributed by atoms with Gasteiger partial charge in [-0.25, -0.2) is 0 Å². The van der Waals surface area contributed by atoms with E-state index in [0.29, 0.717) is 13.1 Å². The molecule has 0 aromatic heterocycles. The van der Waals surface area contributed by atoms with Crippen molar-refractivity contribution in [3.05, 3.63) is 20.2 Å². The van der Waals surface area contributed by atoms with Crippen molar-refractivity contribution in [1.82, 2.24) is 9.80 Å². The lowest BCUT2D eigenvalue weighted by Crippen LogP contribution is -2.51. The Labute approximate surface area is 106 Å². The van der Waals surface area contributed by atoms with Crippen molar-refractivity contribution in [3.63, 3.8) is 0 Å². The Morgan fingerprint density at radius 3 is 1.39 bits per heavy atom. The lowest BCUT2D eigenvalue weighted by atomic mass is 10.2. The maximum Gasteiger partial charge on any atom is 0.222 e. The van der Waals surface area contributed by atoms with Gasteiger partial charge in [0.2, 0.25) is 12.1 Å². The number of nitro groups is 2. The monoisotopic (exact) mass is 260 g/mol. The fourth-order valence-electron chi connectivity index (χ4n) is 2.04. The van der Waals surface area contributed by atoms with Gasteiger partial charge in [-0.2, -0.15) is 0 Å². The van der Waals surface area contributed by atoms with E-state index in [9.17, 15) is 20.2 Å². The largest absolute Gasteiger partial charge is 0.294 e. The summed E-state index contributed by atoms with van der Waals surface area (Å²) < 4.78 is 0. The second kappa shape index (κ2) is 6.60. The zero-order chi connectivity index (χ0) is 13.7. The molecule has 1 aliphatic rings. The average molecular weight is 260 g/mol. The summed E-state index contributed by atoms with van der Waals surface area (Å²) in [6.07, 6.45) is 0. The number of nitrogens with zero attached hydrogens (tertiary/aromatic N) is 4. The van der Waals surface area contributed by atoms with Gasteiger partial charge in [0.25, 0.3) is 0 Å². The van der Waals surface area contributed by atoms with Crippen molar-refractivity contribution >= 4 is 0 Å². The molecule has 0 aliphatic carbocycles. The highest BCUT2D eigenvalue weighted by molar-refractivity contribution is 4.74. The molecule has 2 unspecified atom stereocenters. The Morgan fingerprint density at radius 2 is 1.17 bits per heavy atom. The molecule has 1 rings (SSSR count). The van der Waals surface area contributed by atoms with E-state index in [1.807, 2.05) is 9.80 Å². The maximum atomic E-state index is 10.6. The van der Waals surface area contributed by atoms with Crippen molar-refractivity contribution in [2.24, 2.45) is 0 Å². The van der Waals surface area contributed by atoms with Gasteiger partial charge in [0.15, 0.2) is 0 Å². The quantitative estimate of drug-likeness (QED) is 0.490. The minimum atomic E-state index is -0.561. The highest BCUT2D eigenvalue weighted by Gasteiger charge is 2.25. The van der Waals surface area contributed by atoms with Gasteiger partial charge in [-0.15, -0.1) is 0 Å². The Hall–Kier alpha value is -1.28. The normalized spacial score (nSPS) is 21.4. The van der Waals surface area contributed by atoms with Gasteiger partial charge in [0.1, 0.15) is 0 Å². The van der Waals surface area contributed by atoms with E-state index in [1.54, 1.807) is 13.8 Å². The molecule has 0 amide bonds. The first-order valence-electron chi connectivity index (χ1n) is 6.12. The highest BCUT2D eigenvalue weighted by Crippen LogP contribution is 2.05. The van der Waals surface area contributed by atoms with Crippen molar-refractivity contribution < 1.29 is 9.85 Å². The van der Waals surface area contributed by atoms with E-state index in [1.165, 1.54) is 0 Å². The molecule has 0 aromatic carbocycles. The topological polar surface area (TPSA) is 92.8 Å². The summed E-state index contributed by atoms with van der Waals surface area (Å²) in [5, 5.41) is 21.1. The summed E-state index contributed by atoms with van der Waals surface area (Å²) in [6.45, 7) is 7.05. The first kappa shape index (κ1) is 14.8. The second-order valence-corrected chi connectivity index (χ2v) is 4.87. The molecule has 1 aliphatic heterocycles. The van der Waals surface area contributed by atoms with Crippen LogP contribution in [0.25, 0.3) is 0 Å². The van der Waals surface area contributed by atoms with Crippen LogP contribution in [0.15, 0.2) is 0 Å². The van der Waals surface area contributed by atoms with Crippen molar-refractivity contribution in [2.75, 3.05) is 39.3 Å². The Kier molecular flexibility index (Phi) is 5.42. The Morgan fingerprint density at radius 1 is 0.889 bits per heavy atom. The molecule has 104 valence electrons. The lowest BCUT2D eigenvalue weighted by molar-refractivity contribution is -0.519. The first-order chi connectivity index (χ1) is 8.40. The van der Waals surface area contributed by atoms with Gasteiger partial charge in [0.05, 0.1) is 13.1 Å². The summed E-state index contributed by atoms with van der Waals surface area (Å²) in [6, 6.07) is -1.12. The number of rotatable bonds is 6. The SMILES string of the molecule is CC(CN1CCN(CC(C)[N+](=O)[O-])CC1)[N+](=O)[O-]. The molecule has 0 N–H and O–H groups in total. The molecule has 0 saturated carbocycles. The summed E-state index contributed by atoms with van der Waals surface area (Å²) in [4.78, 5) is 24.6. The number of hydrogen-bond donors (Lipinski definition) is 0. The molecular formula is C10H20N4O4. The standard InChI is InChI=1S/C10H20N4O4/c1-9(13(15)16)7-11-3-5-12(6-4-11)8-10(2)14(17)18/h9-10H,3-8H2,1-2H3. The van der Waals surface area contributed by atoms with E-state index in [0.717, 1.165) is 26.2 Å². The summed E-state index contributed by atoms with van der Waals surface area (Å²) >= 11 is 0. The van der Waals surface area contributed by atoms with Gasteiger partial charge < -0.3 is 0 Å². The molecule has 0 spiro atoms. The van der Waals surface area contributed by atoms with Crippen LogP contribution in [-0.4, -0.2) is 71.0 Å². The summed E-state index contributed by atoms with van der Waals surface area (Å²) in [7, 11) is 0. The maximum absolute atomic E-state index is 10.6. The molecule has 0 radical (unpaired) electrons. The zero-order valence-corrected chi connectivity index (χ0v) is 10.8. The molecule has 1 heterocycles. The minimum absolute atomic E-state index is 0.277. The number of piperazine rings is 1. The molecule has 18 heavy (non-hydrogen) atoms. The highest BCUT2D eigenvalue weighted by atomic mass is 16.6. The fraction of sp³-hybridized carbons (Fsp3) is 1.00. The third-order valence-electron chi connectivity index (χ3n) is 3.23. The average Bonchev–Trinajstić information content (AvgIpc) is 2.31. The second-order valence-electron chi connectivity index (χ2n) is 4.87. The zero-order valence-electron chi connectivity index (χ0n) is 10.8. The van der Waals surface area contributed by atoms with Gasteiger partial charge in [-0.05, 0) is 0 Å². The molecule has 8 nitrogen and oxygen atoms in total. The van der Waals surface area contributed by atoms with Crippen LogP contribution in [0.5, 0.6) is 0 Å². The first-order valence-corrected chi connectivity index (χ1v) is 6.12. The van der Waals surface area contributed by atoms with Crippen LogP contribution in [0, 0.1) is 20.2 Å². The van der Waals surface area contributed by atoms with Crippen molar-refractivity contribution in [1.29, 1.82) is 0 Å². The smallest absolute Gasteiger partial charge is 0.222 e. The molecule has 0 aromatic rings. The molecule has 1 fully saturated rings. The molecule has 0 bridgehead atoms. The van der Waals surface area contributed by atoms with Crippen LogP contribution in [0.2, 0.25) is 0 Å². The summed E-state index contributed by atoms with van der Waals surface area (Å²) in [5.74, 6) is 0. The van der Waals surface area contributed by atoms with Crippen LogP contribution >= 0.6 is 0 Å². The molecule has 8 heteroatoms. The van der Waals surface area contributed by atoms with Gasteiger partial charge in [-0.3, -0.25) is 30.0 Å². The summed E-state index contributed by atoms with van der Waals surface area (Å²) in [5.41, 5.74) is 0. The lowest BCUT2D eigenvalue weighted by Gasteiger charge is -2.34. The van der Waals surface area contributed by atoms with E-state index < -0.39 is 12.1 Å². The Balaban J connectivity index is 2.28. The van der Waals surface area contributed by atoms with Gasteiger partial charge in [-0.1, -0.05) is 0 Å². The molecule has 1 saturated heterocycles. The predicted molar refractivity (Wildman–Crippen MR) is 65.8 cm³/mol. The van der Waals surface area contributed by atoms with Crippen molar-refractivity contribution in [2.45, 2.75) is 25.9 Å². The fourth-order valence-corrected chi connectivity index (χ4v) is 2.04. The molecular weight excluding hydrogens is 240 g/mol. The molecule has 2 atom stereocenters. The van der Waals surface area contributed by atoms with E-state index in [4.69, 9.17) is 0 Å². The van der Waals surface area contributed by atoms with E-state index >= 15 is 0 Å². The third-order valence-corrected chi connectivity index (χ3v) is 3.23. The van der Waals surface area contributed by atoms with Crippen LogP contribution in [0.3, 0.4) is 0 Å². The Bertz CT molecular complexity index is 274. The third kappa shape index (κ3) is 4.53. The van der Waals surface area contributed by atoms with E-state index in [-0.39, 0.29) is 9.85 Å². The van der Waals surface area contributed by atoms with Crippen LogP contribution < -0.4 is 0 Å². The van der Waals surface area contributed by atoms with Crippen LogP contribution in [0.4, 0.5) is 0 Å². The van der Waals surface area contributed by atoms with Crippen molar-refractivity contribution in [3.8, 4) is 0 Å². The predicted octanol–water partition coefficient (Wildman–Crippen LogP) is -0.0656. The van der Waals surface area contributed by atoms with Gasteiger partial charge >= 0.3 is 0 Å². The van der Waals surface area contributed by atoms with Gasteiger partial charge in [0, 0.05) is 49.9 Å².